The number of hydrogen-bond acceptors (Lipinski definition) is 4. The monoisotopic (exact) mass is 310 g/mol. The van der Waals surface area contributed by atoms with Crippen LogP contribution in [0.3, 0.4) is 0 Å². The van der Waals surface area contributed by atoms with Crippen molar-refractivity contribution in [3.05, 3.63) is 29.3 Å². The lowest BCUT2D eigenvalue weighted by Crippen LogP contribution is -2.44. The molecule has 21 heavy (non-hydrogen) atoms. The highest BCUT2D eigenvalue weighted by molar-refractivity contribution is 6.03. The van der Waals surface area contributed by atoms with Crippen molar-refractivity contribution in [3.63, 3.8) is 0 Å². The van der Waals surface area contributed by atoms with Crippen LogP contribution in [-0.4, -0.2) is 38.1 Å². The zero-order valence-corrected chi connectivity index (χ0v) is 12.7. The molecule has 5 nitrogen and oxygen atoms in total. The van der Waals surface area contributed by atoms with Crippen LogP contribution in [0.15, 0.2) is 18.2 Å². The predicted molar refractivity (Wildman–Crippen MR) is 82.1 cm³/mol. The Morgan fingerprint density at radius 2 is 2.05 bits per heavy atom. The predicted octanol–water partition coefficient (Wildman–Crippen LogP) is 1.54. The van der Waals surface area contributed by atoms with Crippen molar-refractivity contribution in [2.45, 2.75) is 25.3 Å². The van der Waals surface area contributed by atoms with E-state index in [4.69, 9.17) is 4.74 Å². The summed E-state index contributed by atoms with van der Waals surface area (Å²) in [4.78, 5) is 25.7. The highest BCUT2D eigenvalue weighted by Gasteiger charge is 2.33. The van der Waals surface area contributed by atoms with Gasteiger partial charge < -0.3 is 15.0 Å². The first kappa shape index (κ1) is 15.8. The Hall–Kier alpha value is -1.59. The number of fused-ring (bicyclic) bond motifs is 1. The van der Waals surface area contributed by atoms with E-state index in [1.54, 1.807) is 12.1 Å². The molecule has 2 heterocycles. The molecule has 1 N–H and O–H groups in total. The number of methoxy groups -OCH3 is 1. The van der Waals surface area contributed by atoms with Gasteiger partial charge in [0.25, 0.3) is 0 Å². The lowest BCUT2D eigenvalue weighted by molar-refractivity contribution is -0.117. The Kier molecular flexibility index (Phi) is 4.85. The molecule has 114 valence electrons. The van der Waals surface area contributed by atoms with Gasteiger partial charge in [-0.05, 0) is 49.7 Å². The van der Waals surface area contributed by atoms with Crippen LogP contribution in [0.5, 0.6) is 0 Å². The number of rotatable bonds is 2. The van der Waals surface area contributed by atoms with E-state index in [-0.39, 0.29) is 30.3 Å². The number of piperidine rings is 1. The van der Waals surface area contributed by atoms with Gasteiger partial charge >= 0.3 is 5.97 Å². The number of anilines is 1. The highest BCUT2D eigenvalue weighted by Crippen LogP contribution is 2.33. The fourth-order valence-corrected chi connectivity index (χ4v) is 3.05. The van der Waals surface area contributed by atoms with Gasteiger partial charge in [-0.2, -0.15) is 0 Å². The number of carbonyl (C=O) groups is 2. The Labute approximate surface area is 130 Å². The Bertz CT molecular complexity index is 556. The Morgan fingerprint density at radius 1 is 1.33 bits per heavy atom. The number of esters is 1. The molecule has 0 aliphatic carbocycles. The zero-order valence-electron chi connectivity index (χ0n) is 11.9. The third kappa shape index (κ3) is 2.89. The first-order valence-corrected chi connectivity index (χ1v) is 6.94. The second-order valence-electron chi connectivity index (χ2n) is 5.26. The van der Waals surface area contributed by atoms with E-state index in [0.29, 0.717) is 12.0 Å². The molecule has 3 rings (SSSR count). The average molecular weight is 311 g/mol. The van der Waals surface area contributed by atoms with Crippen LogP contribution < -0.4 is 10.2 Å². The smallest absolute Gasteiger partial charge is 0.337 e. The second-order valence-corrected chi connectivity index (χ2v) is 5.26. The summed E-state index contributed by atoms with van der Waals surface area (Å²) in [5.41, 5.74) is 2.39. The van der Waals surface area contributed by atoms with Gasteiger partial charge in [0.15, 0.2) is 0 Å². The minimum absolute atomic E-state index is 0. The van der Waals surface area contributed by atoms with E-state index in [1.165, 1.54) is 7.11 Å². The fraction of sp³-hybridized carbons (Fsp3) is 0.467. The van der Waals surface area contributed by atoms with Crippen molar-refractivity contribution in [1.82, 2.24) is 5.32 Å². The SMILES string of the molecule is COC(=O)c1ccc2c(c1)CC(=O)N2C1CCNCC1.Cl. The average Bonchev–Trinajstić information content (AvgIpc) is 2.82. The van der Waals surface area contributed by atoms with Crippen molar-refractivity contribution in [1.29, 1.82) is 0 Å². The molecular weight excluding hydrogens is 292 g/mol. The van der Waals surface area contributed by atoms with Crippen molar-refractivity contribution >= 4 is 30.0 Å². The summed E-state index contributed by atoms with van der Waals surface area (Å²) in [6, 6.07) is 5.65. The molecule has 2 aliphatic rings. The van der Waals surface area contributed by atoms with Crippen LogP contribution in [0, 0.1) is 0 Å². The number of benzene rings is 1. The third-order valence-electron chi connectivity index (χ3n) is 4.04. The van der Waals surface area contributed by atoms with Gasteiger partial charge in [0.05, 0.1) is 19.1 Å². The number of nitrogens with one attached hydrogen (secondary N) is 1. The molecule has 0 atom stereocenters. The molecule has 1 fully saturated rings. The van der Waals surface area contributed by atoms with Crippen LogP contribution in [0.1, 0.15) is 28.8 Å². The van der Waals surface area contributed by atoms with E-state index >= 15 is 0 Å². The zero-order chi connectivity index (χ0) is 14.1. The Balaban J connectivity index is 0.00000161. The summed E-state index contributed by atoms with van der Waals surface area (Å²) < 4.78 is 4.72. The van der Waals surface area contributed by atoms with Crippen molar-refractivity contribution in [2.24, 2.45) is 0 Å². The highest BCUT2D eigenvalue weighted by atomic mass is 35.5. The largest absolute Gasteiger partial charge is 0.465 e. The number of carbonyl (C=O) groups excluding carboxylic acids is 2. The molecule has 0 aromatic heterocycles. The summed E-state index contributed by atoms with van der Waals surface area (Å²) in [6.07, 6.45) is 2.33. The lowest BCUT2D eigenvalue weighted by atomic mass is 10.0. The summed E-state index contributed by atoms with van der Waals surface area (Å²) in [5, 5.41) is 3.31. The van der Waals surface area contributed by atoms with Gasteiger partial charge in [0, 0.05) is 11.7 Å². The Morgan fingerprint density at radius 3 is 2.71 bits per heavy atom. The lowest BCUT2D eigenvalue weighted by Gasteiger charge is -2.32. The first-order valence-electron chi connectivity index (χ1n) is 6.94. The van der Waals surface area contributed by atoms with Crippen LogP contribution in [0.4, 0.5) is 5.69 Å². The summed E-state index contributed by atoms with van der Waals surface area (Å²) >= 11 is 0. The maximum Gasteiger partial charge on any atom is 0.337 e. The molecule has 0 radical (unpaired) electrons. The molecule has 6 heteroatoms. The summed E-state index contributed by atoms with van der Waals surface area (Å²) in [6.45, 7) is 1.90. The fourth-order valence-electron chi connectivity index (χ4n) is 3.05. The summed E-state index contributed by atoms with van der Waals surface area (Å²) in [7, 11) is 1.36. The number of hydrogen-bond donors (Lipinski definition) is 1. The quantitative estimate of drug-likeness (QED) is 0.842. The number of nitrogens with zero attached hydrogens (tertiary/aromatic N) is 1. The van der Waals surface area contributed by atoms with E-state index < -0.39 is 0 Å². The van der Waals surface area contributed by atoms with E-state index in [2.05, 4.69) is 5.32 Å². The van der Waals surface area contributed by atoms with Gasteiger partial charge in [0.2, 0.25) is 5.91 Å². The molecule has 1 aromatic carbocycles. The van der Waals surface area contributed by atoms with Crippen molar-refractivity contribution in [2.75, 3.05) is 25.1 Å². The molecule has 0 bridgehead atoms. The molecule has 1 amide bonds. The van der Waals surface area contributed by atoms with Crippen molar-refractivity contribution in [3.8, 4) is 0 Å². The molecule has 0 unspecified atom stereocenters. The minimum atomic E-state index is -0.361. The van der Waals surface area contributed by atoms with Crippen LogP contribution in [0.2, 0.25) is 0 Å². The van der Waals surface area contributed by atoms with Crippen LogP contribution in [0.25, 0.3) is 0 Å². The molecule has 0 saturated carbocycles. The summed E-state index contributed by atoms with van der Waals surface area (Å²) in [5.74, 6) is -0.227. The van der Waals surface area contributed by atoms with Gasteiger partial charge in [0.1, 0.15) is 0 Å². The molecule has 1 aromatic rings. The molecule has 2 aliphatic heterocycles. The van der Waals surface area contributed by atoms with Gasteiger partial charge in [-0.3, -0.25) is 4.79 Å². The van der Waals surface area contributed by atoms with E-state index in [9.17, 15) is 9.59 Å². The normalized spacial score (nSPS) is 18.1. The molecular formula is C15H19ClN2O3. The van der Waals surface area contributed by atoms with Gasteiger partial charge in [-0.15, -0.1) is 12.4 Å². The van der Waals surface area contributed by atoms with E-state index in [0.717, 1.165) is 37.2 Å². The standard InChI is InChI=1S/C15H18N2O3.ClH/c1-20-15(19)10-2-3-13-11(8-10)9-14(18)17(13)12-4-6-16-7-5-12;/h2-3,8,12,16H,4-7,9H2,1H3;1H. The number of ether oxygens (including phenoxy) is 1. The minimum Gasteiger partial charge on any atom is -0.465 e. The topological polar surface area (TPSA) is 58.6 Å². The third-order valence-corrected chi connectivity index (χ3v) is 4.04. The number of halogens is 1. The maximum absolute atomic E-state index is 12.3. The maximum atomic E-state index is 12.3. The number of amides is 1. The van der Waals surface area contributed by atoms with Gasteiger partial charge in [-0.25, -0.2) is 4.79 Å². The first-order chi connectivity index (χ1) is 9.70. The van der Waals surface area contributed by atoms with Crippen molar-refractivity contribution < 1.29 is 14.3 Å². The second kappa shape index (κ2) is 6.45. The van der Waals surface area contributed by atoms with E-state index in [1.807, 2.05) is 11.0 Å². The van der Waals surface area contributed by atoms with Crippen LogP contribution in [-0.2, 0) is 16.0 Å². The molecule has 1 saturated heterocycles. The van der Waals surface area contributed by atoms with Gasteiger partial charge in [-0.1, -0.05) is 0 Å². The van der Waals surface area contributed by atoms with Crippen LogP contribution >= 0.6 is 12.4 Å². The molecule has 0 spiro atoms.